The van der Waals surface area contributed by atoms with Gasteiger partial charge in [0.15, 0.2) is 0 Å². The fourth-order valence-corrected chi connectivity index (χ4v) is 3.06. The second-order valence-corrected chi connectivity index (χ2v) is 5.47. The maximum Gasteiger partial charge on any atom is 0.0468 e. The molecule has 0 atom stereocenters. The molecule has 2 rings (SSSR count). The van der Waals surface area contributed by atoms with Gasteiger partial charge in [0.1, 0.15) is 0 Å². The summed E-state index contributed by atoms with van der Waals surface area (Å²) in [7, 11) is 0. The third-order valence-corrected chi connectivity index (χ3v) is 4.30. The van der Waals surface area contributed by atoms with E-state index >= 15 is 0 Å². The second kappa shape index (κ2) is 5.60. The lowest BCUT2D eigenvalue weighted by Gasteiger charge is -2.21. The number of nitrogen functional groups attached to an aromatic ring is 1. The van der Waals surface area contributed by atoms with Crippen LogP contribution in [0.25, 0.3) is 0 Å². The zero-order valence-electron chi connectivity index (χ0n) is 9.74. The van der Waals surface area contributed by atoms with E-state index in [0.29, 0.717) is 0 Å². The Labute approximate surface area is 102 Å². The summed E-state index contributed by atoms with van der Waals surface area (Å²) >= 11 is 1.88. The van der Waals surface area contributed by atoms with Gasteiger partial charge in [-0.1, -0.05) is 6.07 Å². The van der Waals surface area contributed by atoms with Crippen LogP contribution in [0, 0.1) is 12.8 Å². The Morgan fingerprint density at radius 2 is 2.12 bits per heavy atom. The molecule has 0 radical (unpaired) electrons. The Hall–Kier alpha value is -0.670. The highest BCUT2D eigenvalue weighted by molar-refractivity contribution is 7.99. The number of benzene rings is 1. The van der Waals surface area contributed by atoms with Crippen molar-refractivity contribution in [3.05, 3.63) is 23.8 Å². The van der Waals surface area contributed by atoms with Crippen molar-refractivity contribution in [2.45, 2.75) is 24.7 Å². The first-order chi connectivity index (χ1) is 7.75. The molecule has 2 nitrogen and oxygen atoms in total. The molecule has 0 amide bonds. The van der Waals surface area contributed by atoms with Gasteiger partial charge in [-0.2, -0.15) is 0 Å². The van der Waals surface area contributed by atoms with Crippen molar-refractivity contribution in [1.29, 1.82) is 0 Å². The number of anilines is 1. The summed E-state index contributed by atoms with van der Waals surface area (Å²) in [6.07, 6.45) is 2.39. The van der Waals surface area contributed by atoms with E-state index in [-0.39, 0.29) is 0 Å². The lowest BCUT2D eigenvalue weighted by atomic mass is 10.0. The van der Waals surface area contributed by atoms with Gasteiger partial charge in [0.05, 0.1) is 0 Å². The fourth-order valence-electron chi connectivity index (χ4n) is 1.92. The number of ether oxygens (including phenoxy) is 1. The van der Waals surface area contributed by atoms with E-state index < -0.39 is 0 Å². The minimum Gasteiger partial charge on any atom is -0.398 e. The van der Waals surface area contributed by atoms with Crippen LogP contribution < -0.4 is 5.73 Å². The zero-order chi connectivity index (χ0) is 11.4. The molecule has 0 aromatic heterocycles. The first-order valence-corrected chi connectivity index (χ1v) is 6.81. The summed E-state index contributed by atoms with van der Waals surface area (Å²) in [5, 5.41) is 0. The van der Waals surface area contributed by atoms with Crippen LogP contribution >= 0.6 is 11.8 Å². The molecule has 1 saturated heterocycles. The standard InChI is InChI=1S/C13H19NOS/c1-10-2-3-13(12(14)8-10)16-9-11-4-6-15-7-5-11/h2-3,8,11H,4-7,9,14H2,1H3. The summed E-state index contributed by atoms with van der Waals surface area (Å²) < 4.78 is 5.36. The van der Waals surface area contributed by atoms with E-state index in [4.69, 9.17) is 10.5 Å². The van der Waals surface area contributed by atoms with Crippen molar-refractivity contribution in [3.8, 4) is 0 Å². The van der Waals surface area contributed by atoms with Gasteiger partial charge in [0.2, 0.25) is 0 Å². The smallest absolute Gasteiger partial charge is 0.0468 e. The van der Waals surface area contributed by atoms with Gasteiger partial charge >= 0.3 is 0 Å². The van der Waals surface area contributed by atoms with Crippen LogP contribution in [0.4, 0.5) is 5.69 Å². The summed E-state index contributed by atoms with van der Waals surface area (Å²) in [5.74, 6) is 1.95. The molecule has 2 N–H and O–H groups in total. The number of nitrogens with two attached hydrogens (primary N) is 1. The average molecular weight is 237 g/mol. The number of hydrogen-bond acceptors (Lipinski definition) is 3. The van der Waals surface area contributed by atoms with Crippen LogP contribution in [0.5, 0.6) is 0 Å². The Kier molecular flexibility index (Phi) is 4.13. The van der Waals surface area contributed by atoms with E-state index in [1.165, 1.54) is 23.3 Å². The molecule has 16 heavy (non-hydrogen) atoms. The molecule has 1 aromatic carbocycles. The molecule has 0 spiro atoms. The van der Waals surface area contributed by atoms with E-state index in [0.717, 1.165) is 30.6 Å². The molecule has 1 heterocycles. The van der Waals surface area contributed by atoms with E-state index in [1.54, 1.807) is 0 Å². The molecule has 1 fully saturated rings. The maximum atomic E-state index is 5.99. The van der Waals surface area contributed by atoms with Gasteiger partial charge in [-0.05, 0) is 43.4 Å². The third kappa shape index (κ3) is 3.16. The van der Waals surface area contributed by atoms with E-state index in [9.17, 15) is 0 Å². The van der Waals surface area contributed by atoms with Crippen LogP contribution in [0.2, 0.25) is 0 Å². The Bertz CT molecular complexity index is 348. The lowest BCUT2D eigenvalue weighted by Crippen LogP contribution is -2.17. The molecule has 1 aliphatic heterocycles. The highest BCUT2D eigenvalue weighted by Gasteiger charge is 2.14. The van der Waals surface area contributed by atoms with Gasteiger partial charge < -0.3 is 10.5 Å². The summed E-state index contributed by atoms with van der Waals surface area (Å²) in [6.45, 7) is 3.92. The van der Waals surface area contributed by atoms with E-state index in [2.05, 4.69) is 19.1 Å². The van der Waals surface area contributed by atoms with Crippen molar-refractivity contribution >= 4 is 17.4 Å². The quantitative estimate of drug-likeness (QED) is 0.648. The van der Waals surface area contributed by atoms with Gasteiger partial charge in [0.25, 0.3) is 0 Å². The van der Waals surface area contributed by atoms with Crippen molar-refractivity contribution in [2.75, 3.05) is 24.7 Å². The average Bonchev–Trinajstić information content (AvgIpc) is 2.29. The van der Waals surface area contributed by atoms with Crippen LogP contribution in [0.1, 0.15) is 18.4 Å². The molecule has 88 valence electrons. The van der Waals surface area contributed by atoms with Crippen LogP contribution in [0.15, 0.2) is 23.1 Å². The largest absolute Gasteiger partial charge is 0.398 e. The van der Waals surface area contributed by atoms with Gasteiger partial charge in [-0.3, -0.25) is 0 Å². The molecule has 1 aromatic rings. The molecular formula is C13H19NOS. The Morgan fingerprint density at radius 1 is 1.38 bits per heavy atom. The first-order valence-electron chi connectivity index (χ1n) is 5.82. The molecule has 1 aliphatic rings. The fraction of sp³-hybridized carbons (Fsp3) is 0.538. The minimum atomic E-state index is 0.791. The highest BCUT2D eigenvalue weighted by atomic mass is 32.2. The molecular weight excluding hydrogens is 218 g/mol. The van der Waals surface area contributed by atoms with E-state index in [1.807, 2.05) is 17.8 Å². The summed E-state index contributed by atoms with van der Waals surface area (Å²) in [4.78, 5) is 1.22. The molecule has 3 heteroatoms. The lowest BCUT2D eigenvalue weighted by molar-refractivity contribution is 0.0728. The topological polar surface area (TPSA) is 35.2 Å². The molecule has 0 bridgehead atoms. The summed E-state index contributed by atoms with van der Waals surface area (Å²) in [6, 6.07) is 6.31. The van der Waals surface area contributed by atoms with Gasteiger partial charge in [-0.25, -0.2) is 0 Å². The van der Waals surface area contributed by atoms with Gasteiger partial charge in [-0.15, -0.1) is 11.8 Å². The van der Waals surface area contributed by atoms with Crippen LogP contribution in [-0.4, -0.2) is 19.0 Å². The predicted molar refractivity (Wildman–Crippen MR) is 69.9 cm³/mol. The van der Waals surface area contributed by atoms with Crippen LogP contribution in [0.3, 0.4) is 0 Å². The number of rotatable bonds is 3. The molecule has 0 aliphatic carbocycles. The normalized spacial score (nSPS) is 17.6. The Balaban J connectivity index is 1.88. The number of thioether (sulfide) groups is 1. The van der Waals surface area contributed by atoms with Crippen molar-refractivity contribution in [1.82, 2.24) is 0 Å². The highest BCUT2D eigenvalue weighted by Crippen LogP contribution is 2.30. The van der Waals surface area contributed by atoms with Crippen molar-refractivity contribution in [3.63, 3.8) is 0 Å². The predicted octanol–water partition coefficient (Wildman–Crippen LogP) is 3.10. The van der Waals surface area contributed by atoms with Crippen LogP contribution in [-0.2, 0) is 4.74 Å². The summed E-state index contributed by atoms with van der Waals surface area (Å²) in [5.41, 5.74) is 8.13. The number of hydrogen-bond donors (Lipinski definition) is 1. The Morgan fingerprint density at radius 3 is 2.81 bits per heavy atom. The maximum absolute atomic E-state index is 5.99. The minimum absolute atomic E-state index is 0.791. The first kappa shape index (κ1) is 11.8. The van der Waals surface area contributed by atoms with Gasteiger partial charge in [0, 0.05) is 29.5 Å². The second-order valence-electron chi connectivity index (χ2n) is 4.41. The van der Waals surface area contributed by atoms with Crippen molar-refractivity contribution in [2.24, 2.45) is 5.92 Å². The molecule has 0 unspecified atom stereocenters. The number of aryl methyl sites for hydroxylation is 1. The third-order valence-electron chi connectivity index (χ3n) is 2.98. The monoisotopic (exact) mass is 237 g/mol. The zero-order valence-corrected chi connectivity index (χ0v) is 10.6. The molecule has 0 saturated carbocycles. The SMILES string of the molecule is Cc1ccc(SCC2CCOCC2)c(N)c1. The van der Waals surface area contributed by atoms with Crippen molar-refractivity contribution < 1.29 is 4.74 Å².